The van der Waals surface area contributed by atoms with Crippen molar-refractivity contribution in [2.45, 2.75) is 0 Å². The SMILES string of the molecule is c1ccc2c(N(c3ccc(-c4ccc5c(ccc6ccc7c8ccccc8oc7c65)c4)cc3)c3cc4ccccc4c4ccccc34)cccc2c1. The summed E-state index contributed by atoms with van der Waals surface area (Å²) < 4.78 is 6.47. The third-order valence-corrected chi connectivity index (χ3v) is 10.8. The van der Waals surface area contributed by atoms with Gasteiger partial charge in [-0.15, -0.1) is 0 Å². The molecule has 0 aliphatic carbocycles. The molecule has 0 aliphatic heterocycles. The Hall–Kier alpha value is -6.90. The van der Waals surface area contributed by atoms with Gasteiger partial charge in [0.1, 0.15) is 11.2 Å². The highest BCUT2D eigenvalue weighted by Crippen LogP contribution is 2.45. The van der Waals surface area contributed by atoms with E-state index in [0.29, 0.717) is 0 Å². The molecule has 0 aliphatic rings. The maximum atomic E-state index is 6.47. The van der Waals surface area contributed by atoms with Gasteiger partial charge in [-0.1, -0.05) is 146 Å². The van der Waals surface area contributed by atoms with Crippen LogP contribution in [-0.4, -0.2) is 0 Å². The first kappa shape index (κ1) is 28.9. The number of hydrogen-bond donors (Lipinski definition) is 0. The van der Waals surface area contributed by atoms with E-state index >= 15 is 0 Å². The van der Waals surface area contributed by atoms with Crippen LogP contribution in [0.25, 0.3) is 86.9 Å². The third-order valence-electron chi connectivity index (χ3n) is 10.8. The third kappa shape index (κ3) is 4.38. The number of nitrogens with zero attached hydrogens (tertiary/aromatic N) is 1. The van der Waals surface area contributed by atoms with Gasteiger partial charge in [-0.2, -0.15) is 0 Å². The number of para-hydroxylation sites is 1. The molecule has 242 valence electrons. The van der Waals surface area contributed by atoms with Crippen LogP contribution < -0.4 is 4.90 Å². The minimum absolute atomic E-state index is 0.924. The van der Waals surface area contributed by atoms with Gasteiger partial charge in [0.15, 0.2) is 0 Å². The summed E-state index contributed by atoms with van der Waals surface area (Å²) in [5.41, 5.74) is 7.66. The molecule has 0 saturated carbocycles. The molecule has 10 aromatic carbocycles. The number of furan rings is 1. The molecule has 0 spiro atoms. The zero-order chi connectivity index (χ0) is 34.2. The second kappa shape index (κ2) is 11.3. The van der Waals surface area contributed by atoms with Crippen molar-refractivity contribution in [2.24, 2.45) is 0 Å². The maximum Gasteiger partial charge on any atom is 0.143 e. The molecule has 2 nitrogen and oxygen atoms in total. The van der Waals surface area contributed by atoms with E-state index < -0.39 is 0 Å². The summed E-state index contributed by atoms with van der Waals surface area (Å²) in [6, 6.07) is 68.1. The molecular formula is C50H31NO. The van der Waals surface area contributed by atoms with Crippen LogP contribution in [0.3, 0.4) is 0 Å². The first-order valence-electron chi connectivity index (χ1n) is 17.8. The Morgan fingerprint density at radius 1 is 0.327 bits per heavy atom. The smallest absolute Gasteiger partial charge is 0.143 e. The lowest BCUT2D eigenvalue weighted by atomic mass is 9.96. The Balaban J connectivity index is 1.07. The van der Waals surface area contributed by atoms with E-state index in [1.807, 2.05) is 6.07 Å². The van der Waals surface area contributed by atoms with Gasteiger partial charge >= 0.3 is 0 Å². The highest BCUT2D eigenvalue weighted by molar-refractivity contribution is 6.23. The van der Waals surface area contributed by atoms with E-state index in [2.05, 4.69) is 187 Å². The van der Waals surface area contributed by atoms with Crippen LogP contribution in [0.15, 0.2) is 192 Å². The van der Waals surface area contributed by atoms with E-state index in [-0.39, 0.29) is 0 Å². The van der Waals surface area contributed by atoms with Crippen molar-refractivity contribution in [1.29, 1.82) is 0 Å². The first-order chi connectivity index (χ1) is 25.8. The lowest BCUT2D eigenvalue weighted by Crippen LogP contribution is -2.11. The van der Waals surface area contributed by atoms with Gasteiger partial charge in [0, 0.05) is 32.6 Å². The molecule has 0 amide bonds. The average Bonchev–Trinajstić information content (AvgIpc) is 3.60. The van der Waals surface area contributed by atoms with Crippen molar-refractivity contribution in [3.63, 3.8) is 0 Å². The summed E-state index contributed by atoms with van der Waals surface area (Å²) in [7, 11) is 0. The molecule has 0 N–H and O–H groups in total. The molecule has 0 radical (unpaired) electrons. The molecule has 1 heterocycles. The molecule has 0 bridgehead atoms. The number of benzene rings is 10. The molecular weight excluding hydrogens is 631 g/mol. The standard InChI is InChI=1S/C50H31NO/c1-4-14-40-33(10-1)12-9-18-46(40)51(47-31-36-11-2-3-13-39(36)42-15-5-6-16-43(42)47)38-26-22-32(23-27-38)35-25-28-41-37(30-35)21-20-34-24-29-45-44-17-7-8-19-48(44)52-50(45)49(34)41/h1-31H. The zero-order valence-electron chi connectivity index (χ0n) is 28.3. The summed E-state index contributed by atoms with van der Waals surface area (Å²) in [6.07, 6.45) is 0. The van der Waals surface area contributed by atoms with Gasteiger partial charge < -0.3 is 9.32 Å². The maximum absolute atomic E-state index is 6.47. The Morgan fingerprint density at radius 3 is 1.81 bits per heavy atom. The number of hydrogen-bond acceptors (Lipinski definition) is 2. The van der Waals surface area contributed by atoms with Crippen molar-refractivity contribution in [1.82, 2.24) is 0 Å². The van der Waals surface area contributed by atoms with Crippen molar-refractivity contribution < 1.29 is 4.42 Å². The van der Waals surface area contributed by atoms with E-state index in [0.717, 1.165) is 39.0 Å². The van der Waals surface area contributed by atoms with Gasteiger partial charge in [0.25, 0.3) is 0 Å². The van der Waals surface area contributed by atoms with Crippen molar-refractivity contribution in [3.05, 3.63) is 188 Å². The number of rotatable bonds is 4. The van der Waals surface area contributed by atoms with Gasteiger partial charge in [0.2, 0.25) is 0 Å². The monoisotopic (exact) mass is 661 g/mol. The second-order valence-electron chi connectivity index (χ2n) is 13.7. The normalized spacial score (nSPS) is 11.8. The highest BCUT2D eigenvalue weighted by atomic mass is 16.3. The highest BCUT2D eigenvalue weighted by Gasteiger charge is 2.20. The van der Waals surface area contributed by atoms with Crippen molar-refractivity contribution in [3.8, 4) is 11.1 Å². The fraction of sp³-hybridized carbons (Fsp3) is 0. The van der Waals surface area contributed by atoms with Crippen LogP contribution in [0.5, 0.6) is 0 Å². The summed E-state index contributed by atoms with van der Waals surface area (Å²) in [5.74, 6) is 0. The lowest BCUT2D eigenvalue weighted by molar-refractivity contribution is 0.673. The van der Waals surface area contributed by atoms with Gasteiger partial charge in [-0.3, -0.25) is 0 Å². The van der Waals surface area contributed by atoms with Crippen LogP contribution >= 0.6 is 0 Å². The van der Waals surface area contributed by atoms with Crippen molar-refractivity contribution >= 4 is 92.9 Å². The van der Waals surface area contributed by atoms with Crippen LogP contribution in [0.1, 0.15) is 0 Å². The van der Waals surface area contributed by atoms with Crippen molar-refractivity contribution in [2.75, 3.05) is 4.90 Å². The summed E-state index contributed by atoms with van der Waals surface area (Å²) >= 11 is 0. The van der Waals surface area contributed by atoms with E-state index in [4.69, 9.17) is 4.42 Å². The average molecular weight is 662 g/mol. The van der Waals surface area contributed by atoms with E-state index in [1.165, 1.54) is 65.0 Å². The minimum Gasteiger partial charge on any atom is -0.455 e. The van der Waals surface area contributed by atoms with Crippen LogP contribution in [0, 0.1) is 0 Å². The summed E-state index contributed by atoms with van der Waals surface area (Å²) in [4.78, 5) is 2.44. The topological polar surface area (TPSA) is 16.4 Å². The summed E-state index contributed by atoms with van der Waals surface area (Å²) in [5, 5.41) is 14.5. The Bertz CT molecular complexity index is 3180. The molecule has 0 atom stereocenters. The van der Waals surface area contributed by atoms with Gasteiger partial charge in [0.05, 0.1) is 11.4 Å². The lowest BCUT2D eigenvalue weighted by Gasteiger charge is -2.29. The van der Waals surface area contributed by atoms with Gasteiger partial charge in [-0.25, -0.2) is 0 Å². The molecule has 52 heavy (non-hydrogen) atoms. The summed E-state index contributed by atoms with van der Waals surface area (Å²) in [6.45, 7) is 0. The predicted molar refractivity (Wildman–Crippen MR) is 221 cm³/mol. The molecule has 1 aromatic heterocycles. The molecule has 0 fully saturated rings. The Labute approximate surface area is 300 Å². The Kier molecular flexibility index (Phi) is 6.28. The zero-order valence-corrected chi connectivity index (χ0v) is 28.3. The molecule has 11 rings (SSSR count). The first-order valence-corrected chi connectivity index (χ1v) is 17.8. The number of fused-ring (bicyclic) bond motifs is 11. The fourth-order valence-electron chi connectivity index (χ4n) is 8.34. The Morgan fingerprint density at radius 2 is 0.942 bits per heavy atom. The largest absolute Gasteiger partial charge is 0.455 e. The minimum atomic E-state index is 0.924. The molecule has 2 heteroatoms. The quantitative estimate of drug-likeness (QED) is 0.175. The predicted octanol–water partition coefficient (Wildman–Crippen LogP) is 14.5. The van der Waals surface area contributed by atoms with E-state index in [9.17, 15) is 0 Å². The fourth-order valence-corrected chi connectivity index (χ4v) is 8.34. The molecule has 0 saturated heterocycles. The van der Waals surface area contributed by atoms with Crippen LogP contribution in [0.4, 0.5) is 17.1 Å². The van der Waals surface area contributed by atoms with Crippen LogP contribution in [0.2, 0.25) is 0 Å². The molecule has 11 aromatic rings. The van der Waals surface area contributed by atoms with E-state index in [1.54, 1.807) is 0 Å². The van der Waals surface area contributed by atoms with Gasteiger partial charge in [-0.05, 0) is 91.3 Å². The second-order valence-corrected chi connectivity index (χ2v) is 13.7. The molecule has 0 unspecified atom stereocenters. The number of anilines is 3. The van der Waals surface area contributed by atoms with Crippen LogP contribution in [-0.2, 0) is 0 Å².